The Morgan fingerprint density at radius 1 is 1.19 bits per heavy atom. The molecule has 166 valence electrons. The number of amides is 2. The lowest BCUT2D eigenvalue weighted by Crippen LogP contribution is -2.26. The van der Waals surface area contributed by atoms with Gasteiger partial charge in [-0.05, 0) is 51.8 Å². The fourth-order valence-corrected chi connectivity index (χ4v) is 4.99. The van der Waals surface area contributed by atoms with Crippen LogP contribution in [0.3, 0.4) is 0 Å². The lowest BCUT2D eigenvalue weighted by molar-refractivity contribution is -0.119. The fraction of sp³-hybridized carbons (Fsp3) is 0.455. The molecule has 7 nitrogen and oxygen atoms in total. The van der Waals surface area contributed by atoms with Crippen LogP contribution >= 0.6 is 22.7 Å². The average Bonchev–Trinajstić information content (AvgIpc) is 3.37. The van der Waals surface area contributed by atoms with Gasteiger partial charge in [0.2, 0.25) is 5.91 Å². The Morgan fingerprint density at radius 2 is 1.90 bits per heavy atom. The van der Waals surface area contributed by atoms with Gasteiger partial charge in [-0.3, -0.25) is 19.6 Å². The topological polar surface area (TPSA) is 88.9 Å². The van der Waals surface area contributed by atoms with Crippen LogP contribution in [0.4, 0.5) is 5.13 Å². The zero-order valence-corrected chi connectivity index (χ0v) is 20.6. The first-order chi connectivity index (χ1) is 14.5. The number of nitrogens with one attached hydrogen (secondary N) is 2. The molecule has 3 aromatic heterocycles. The first-order valence-corrected chi connectivity index (χ1v) is 11.8. The summed E-state index contributed by atoms with van der Waals surface area (Å²) in [5, 5.41) is 10.8. The van der Waals surface area contributed by atoms with E-state index < -0.39 is 0 Å². The highest BCUT2D eigenvalue weighted by molar-refractivity contribution is 7.18. The highest BCUT2D eigenvalue weighted by atomic mass is 32.1. The summed E-state index contributed by atoms with van der Waals surface area (Å²) < 4.78 is 1.92. The third kappa shape index (κ3) is 5.40. The van der Waals surface area contributed by atoms with Crippen LogP contribution < -0.4 is 10.6 Å². The number of aryl methyl sites for hydroxylation is 1. The van der Waals surface area contributed by atoms with Gasteiger partial charge in [0.25, 0.3) is 5.91 Å². The van der Waals surface area contributed by atoms with Crippen molar-refractivity contribution >= 4 is 39.6 Å². The molecule has 0 radical (unpaired) electrons. The second kappa shape index (κ2) is 8.92. The molecule has 31 heavy (non-hydrogen) atoms. The molecule has 0 aliphatic heterocycles. The molecule has 0 aliphatic rings. The van der Waals surface area contributed by atoms with E-state index in [0.29, 0.717) is 17.4 Å². The summed E-state index contributed by atoms with van der Waals surface area (Å²) in [5.74, 6) is -0.0606. The number of carbonyl (C=O) groups excluding carboxylic acids is 2. The number of hydrogen-bond acceptors (Lipinski definition) is 6. The molecule has 0 aromatic carbocycles. The summed E-state index contributed by atoms with van der Waals surface area (Å²) in [7, 11) is 0. The van der Waals surface area contributed by atoms with Crippen molar-refractivity contribution in [3.05, 3.63) is 39.3 Å². The Morgan fingerprint density at radius 3 is 2.48 bits per heavy atom. The molecule has 0 fully saturated rings. The summed E-state index contributed by atoms with van der Waals surface area (Å²) in [6.45, 7) is 14.4. The highest BCUT2D eigenvalue weighted by Crippen LogP contribution is 2.35. The zero-order valence-electron chi connectivity index (χ0n) is 19.0. The smallest absolute Gasteiger partial charge is 0.277 e. The van der Waals surface area contributed by atoms with Gasteiger partial charge in [-0.25, -0.2) is 4.98 Å². The van der Waals surface area contributed by atoms with E-state index in [1.807, 2.05) is 29.8 Å². The molecule has 0 aliphatic carbocycles. The van der Waals surface area contributed by atoms with E-state index >= 15 is 0 Å². The van der Waals surface area contributed by atoms with Crippen molar-refractivity contribution in [1.82, 2.24) is 20.1 Å². The van der Waals surface area contributed by atoms with Crippen LogP contribution in [0.25, 0.3) is 10.6 Å². The van der Waals surface area contributed by atoms with Crippen molar-refractivity contribution in [2.24, 2.45) is 0 Å². The van der Waals surface area contributed by atoms with Crippen LogP contribution in [0.5, 0.6) is 0 Å². The molecule has 0 saturated heterocycles. The lowest BCUT2D eigenvalue weighted by Gasteiger charge is -2.23. The number of aromatic nitrogens is 3. The van der Waals surface area contributed by atoms with E-state index in [4.69, 9.17) is 0 Å². The normalized spacial score (nSPS) is 11.7. The molecule has 0 unspecified atom stereocenters. The van der Waals surface area contributed by atoms with Gasteiger partial charge < -0.3 is 5.32 Å². The third-order valence-corrected chi connectivity index (χ3v) is 6.60. The Kier molecular flexibility index (Phi) is 6.66. The maximum Gasteiger partial charge on any atom is 0.277 e. The van der Waals surface area contributed by atoms with E-state index in [9.17, 15) is 9.59 Å². The molecule has 3 aromatic rings. The highest BCUT2D eigenvalue weighted by Gasteiger charge is 2.24. The van der Waals surface area contributed by atoms with E-state index in [2.05, 4.69) is 55.3 Å². The van der Waals surface area contributed by atoms with Crippen LogP contribution in [-0.2, 0) is 16.9 Å². The molecule has 3 heterocycles. The first-order valence-electron chi connectivity index (χ1n) is 10.2. The molecular weight excluding hydrogens is 430 g/mol. The fourth-order valence-electron chi connectivity index (χ4n) is 3.11. The van der Waals surface area contributed by atoms with Crippen LogP contribution in [0.1, 0.15) is 73.4 Å². The standard InChI is InChI=1S/C22H29N5O2S2/c1-12(2)17-10-16(26-27(17)22(5,6)7)20(29)25-21-24-19(13(3)30-21)18-9-8-15(31-18)11-23-14(4)28/h8-10,12H,11H2,1-7H3,(H,23,28)(H,24,25,29). The summed E-state index contributed by atoms with van der Waals surface area (Å²) in [6, 6.07) is 5.84. The van der Waals surface area contributed by atoms with Crippen molar-refractivity contribution in [3.63, 3.8) is 0 Å². The number of rotatable bonds is 6. The number of thiophene rings is 1. The second-order valence-corrected chi connectivity index (χ2v) is 11.1. The molecule has 9 heteroatoms. The number of nitrogens with zero attached hydrogens (tertiary/aromatic N) is 3. The minimum atomic E-state index is -0.261. The van der Waals surface area contributed by atoms with Gasteiger partial charge in [-0.15, -0.1) is 22.7 Å². The summed E-state index contributed by atoms with van der Waals surface area (Å²) in [6.07, 6.45) is 0. The van der Waals surface area contributed by atoms with Gasteiger partial charge in [-0.1, -0.05) is 13.8 Å². The summed E-state index contributed by atoms with van der Waals surface area (Å²) >= 11 is 3.02. The molecule has 0 spiro atoms. The van der Waals surface area contributed by atoms with E-state index in [0.717, 1.165) is 26.0 Å². The van der Waals surface area contributed by atoms with E-state index in [1.165, 1.54) is 18.3 Å². The Balaban J connectivity index is 1.79. The van der Waals surface area contributed by atoms with Crippen LogP contribution in [0, 0.1) is 6.92 Å². The van der Waals surface area contributed by atoms with Gasteiger partial charge >= 0.3 is 0 Å². The number of thiazole rings is 1. The molecule has 0 bridgehead atoms. The lowest BCUT2D eigenvalue weighted by atomic mass is 10.1. The first kappa shape index (κ1) is 23.1. The molecule has 2 amide bonds. The molecule has 3 rings (SSSR count). The Bertz CT molecular complexity index is 1100. The largest absolute Gasteiger partial charge is 0.351 e. The average molecular weight is 460 g/mol. The second-order valence-electron chi connectivity index (χ2n) is 8.75. The van der Waals surface area contributed by atoms with E-state index in [-0.39, 0.29) is 23.3 Å². The number of carbonyl (C=O) groups is 2. The van der Waals surface area contributed by atoms with Crippen LogP contribution in [0.2, 0.25) is 0 Å². The monoisotopic (exact) mass is 459 g/mol. The summed E-state index contributed by atoms with van der Waals surface area (Å²) in [4.78, 5) is 31.7. The van der Waals surface area contributed by atoms with Gasteiger partial charge in [0.15, 0.2) is 10.8 Å². The predicted molar refractivity (Wildman–Crippen MR) is 127 cm³/mol. The minimum Gasteiger partial charge on any atom is -0.351 e. The predicted octanol–water partition coefficient (Wildman–Crippen LogP) is 5.14. The van der Waals surface area contributed by atoms with Gasteiger partial charge in [0, 0.05) is 22.4 Å². The van der Waals surface area contributed by atoms with Gasteiger partial charge in [0.1, 0.15) is 0 Å². The number of anilines is 1. The van der Waals surface area contributed by atoms with Crippen molar-refractivity contribution in [2.75, 3.05) is 5.32 Å². The van der Waals surface area contributed by atoms with Crippen molar-refractivity contribution in [3.8, 4) is 10.6 Å². The zero-order chi connectivity index (χ0) is 22.9. The Labute approximate surface area is 190 Å². The molecule has 2 N–H and O–H groups in total. The molecular formula is C22H29N5O2S2. The van der Waals surface area contributed by atoms with Crippen molar-refractivity contribution < 1.29 is 9.59 Å². The maximum absolute atomic E-state index is 12.9. The van der Waals surface area contributed by atoms with Gasteiger partial charge in [-0.2, -0.15) is 5.10 Å². The van der Waals surface area contributed by atoms with Crippen molar-refractivity contribution in [2.45, 2.75) is 66.5 Å². The molecule has 0 atom stereocenters. The quantitative estimate of drug-likeness (QED) is 0.534. The SMILES string of the molecule is CC(=O)NCc1ccc(-c2nc(NC(=O)c3cc(C(C)C)n(C(C)(C)C)n3)sc2C)s1. The van der Waals surface area contributed by atoms with E-state index in [1.54, 1.807) is 11.3 Å². The third-order valence-electron chi connectivity index (χ3n) is 4.62. The Hall–Kier alpha value is -2.52. The maximum atomic E-state index is 12.9. The summed E-state index contributed by atoms with van der Waals surface area (Å²) in [5.41, 5.74) is 2.06. The van der Waals surface area contributed by atoms with Crippen molar-refractivity contribution in [1.29, 1.82) is 0 Å². The van der Waals surface area contributed by atoms with Gasteiger partial charge in [0.05, 0.1) is 22.7 Å². The minimum absolute atomic E-state index is 0.0562. The number of hydrogen-bond donors (Lipinski definition) is 2. The van der Waals surface area contributed by atoms with Crippen LogP contribution in [0.15, 0.2) is 18.2 Å². The van der Waals surface area contributed by atoms with Crippen LogP contribution in [-0.4, -0.2) is 26.6 Å². The molecule has 0 saturated carbocycles.